The molecule has 192 valence electrons. The van der Waals surface area contributed by atoms with Crippen LogP contribution in [0.1, 0.15) is 60.5 Å². The highest BCUT2D eigenvalue weighted by Crippen LogP contribution is 2.56. The van der Waals surface area contributed by atoms with Gasteiger partial charge in [0.2, 0.25) is 5.91 Å². The fourth-order valence-electron chi connectivity index (χ4n) is 7.63. The number of halogens is 1. The number of fused-ring (bicyclic) bond motifs is 1. The average Bonchev–Trinajstić information content (AvgIpc) is 3.37. The number of amides is 1. The topological polar surface area (TPSA) is 75.1 Å². The van der Waals surface area contributed by atoms with Gasteiger partial charge < -0.3 is 4.90 Å². The summed E-state index contributed by atoms with van der Waals surface area (Å²) in [6.45, 7) is 15.0. The molecule has 4 fully saturated rings. The van der Waals surface area contributed by atoms with Crippen LogP contribution < -0.4 is 10.9 Å². The highest BCUT2D eigenvalue weighted by Gasteiger charge is 2.55. The highest BCUT2D eigenvalue weighted by molar-refractivity contribution is 6.21. The van der Waals surface area contributed by atoms with Gasteiger partial charge in [0.15, 0.2) is 0 Å². The van der Waals surface area contributed by atoms with Crippen molar-refractivity contribution in [2.75, 3.05) is 19.6 Å². The molecule has 0 radical (unpaired) electrons. The zero-order valence-corrected chi connectivity index (χ0v) is 22.5. The van der Waals surface area contributed by atoms with Gasteiger partial charge in [0.05, 0.1) is 11.7 Å². The number of pyridine rings is 1. The molecule has 5 atom stereocenters. The summed E-state index contributed by atoms with van der Waals surface area (Å²) in [5.74, 6) is 1.10. The van der Waals surface area contributed by atoms with Gasteiger partial charge in [-0.25, -0.2) is 0 Å². The molecule has 2 aromatic rings. The van der Waals surface area contributed by atoms with Gasteiger partial charge in [-0.15, -0.1) is 11.6 Å². The second-order valence-corrected chi connectivity index (χ2v) is 12.4. The molecule has 1 amide bonds. The van der Waals surface area contributed by atoms with Crippen LogP contribution in [-0.4, -0.2) is 56.6 Å². The fourth-order valence-corrected chi connectivity index (χ4v) is 8.04. The van der Waals surface area contributed by atoms with Crippen LogP contribution in [0.15, 0.2) is 25.0 Å². The van der Waals surface area contributed by atoms with Crippen molar-refractivity contribution in [1.82, 2.24) is 30.5 Å². The minimum atomic E-state index is 0.0421. The number of aryl methyl sites for hydroxylation is 2. The standard InChI is InChI=1S/C28H37ClN6O/c1-6-22(36)34-13-28(14-34)8-19(9-28)35-18(5)24(27(33-35)23-16(3)10-30-11-17(23)4)25-20-12-31-32-21(20)7-15(2)26(25)29/h6,10-11,15,19-21,25-26,31-32H,1,7-9,12-14H2,2-5H3. The van der Waals surface area contributed by atoms with Crippen LogP contribution in [0, 0.1) is 38.0 Å². The summed E-state index contributed by atoms with van der Waals surface area (Å²) in [6, 6.07) is 0.775. The van der Waals surface area contributed by atoms with E-state index in [4.69, 9.17) is 16.7 Å². The lowest BCUT2D eigenvalue weighted by Gasteiger charge is -2.58. The first-order valence-corrected chi connectivity index (χ1v) is 13.7. The van der Waals surface area contributed by atoms with Crippen molar-refractivity contribution in [2.45, 2.75) is 70.3 Å². The minimum Gasteiger partial charge on any atom is -0.338 e. The molecule has 7 nitrogen and oxygen atoms in total. The van der Waals surface area contributed by atoms with Crippen molar-refractivity contribution in [2.24, 2.45) is 17.3 Å². The normalized spacial score (nSPS) is 31.1. The number of hydrogen-bond acceptors (Lipinski definition) is 5. The molecule has 0 bridgehead atoms. The molecule has 8 heteroatoms. The largest absolute Gasteiger partial charge is 0.338 e. The number of nitrogens with one attached hydrogen (secondary N) is 2. The Morgan fingerprint density at radius 1 is 1.22 bits per heavy atom. The van der Waals surface area contributed by atoms with Gasteiger partial charge in [-0.1, -0.05) is 13.5 Å². The van der Waals surface area contributed by atoms with Crippen LogP contribution in [0.3, 0.4) is 0 Å². The summed E-state index contributed by atoms with van der Waals surface area (Å²) < 4.78 is 2.29. The Hall–Kier alpha value is -2.22. The van der Waals surface area contributed by atoms with Crippen LogP contribution in [0.2, 0.25) is 0 Å². The van der Waals surface area contributed by atoms with Gasteiger partial charge in [-0.05, 0) is 69.1 Å². The first kappa shape index (κ1) is 24.1. The Morgan fingerprint density at radius 3 is 2.58 bits per heavy atom. The molecule has 2 aliphatic heterocycles. The third-order valence-electron chi connectivity index (χ3n) is 9.43. The number of rotatable bonds is 4. The van der Waals surface area contributed by atoms with Crippen molar-refractivity contribution in [3.05, 3.63) is 47.4 Å². The molecule has 2 aliphatic carbocycles. The Kier molecular flexibility index (Phi) is 5.82. The maximum atomic E-state index is 12.0. The Labute approximate surface area is 218 Å². The SMILES string of the molecule is C=CC(=O)N1CC2(CC(n3nc(-c4c(C)cncc4C)c(C4C(Cl)C(C)CC5NNCC54)c3C)C2)C1. The lowest BCUT2D eigenvalue weighted by molar-refractivity contribution is -0.149. The van der Waals surface area contributed by atoms with E-state index in [0.29, 0.717) is 23.9 Å². The smallest absolute Gasteiger partial charge is 0.245 e. The summed E-state index contributed by atoms with van der Waals surface area (Å²) in [7, 11) is 0. The van der Waals surface area contributed by atoms with Crippen LogP contribution in [0.25, 0.3) is 11.3 Å². The molecule has 6 rings (SSSR count). The third-order valence-corrected chi connectivity index (χ3v) is 10.1. The van der Waals surface area contributed by atoms with E-state index in [0.717, 1.165) is 55.7 Å². The Balaban J connectivity index is 1.40. The molecule has 4 heterocycles. The zero-order valence-electron chi connectivity index (χ0n) is 21.7. The van der Waals surface area contributed by atoms with Crippen LogP contribution in [-0.2, 0) is 4.79 Å². The highest BCUT2D eigenvalue weighted by atomic mass is 35.5. The predicted octanol–water partition coefficient (Wildman–Crippen LogP) is 4.04. The van der Waals surface area contributed by atoms with E-state index in [9.17, 15) is 4.79 Å². The van der Waals surface area contributed by atoms with E-state index in [1.807, 2.05) is 17.3 Å². The van der Waals surface area contributed by atoms with Gasteiger partial charge in [0, 0.05) is 71.6 Å². The molecule has 2 N–H and O–H groups in total. The van der Waals surface area contributed by atoms with Gasteiger partial charge in [0.25, 0.3) is 0 Å². The van der Waals surface area contributed by atoms with E-state index in [-0.39, 0.29) is 22.6 Å². The fraction of sp³-hybridized carbons (Fsp3) is 0.607. The summed E-state index contributed by atoms with van der Waals surface area (Å²) in [6.07, 6.45) is 8.52. The lowest BCUT2D eigenvalue weighted by Crippen LogP contribution is -2.63. The molecule has 5 unspecified atom stereocenters. The maximum Gasteiger partial charge on any atom is 0.245 e. The summed E-state index contributed by atoms with van der Waals surface area (Å²) in [5.41, 5.74) is 14.3. The van der Waals surface area contributed by atoms with Crippen LogP contribution in [0.5, 0.6) is 0 Å². The van der Waals surface area contributed by atoms with Crippen molar-refractivity contribution < 1.29 is 4.79 Å². The van der Waals surface area contributed by atoms with E-state index in [2.05, 4.69) is 54.8 Å². The number of carbonyl (C=O) groups is 1. The van der Waals surface area contributed by atoms with Gasteiger partial charge in [-0.2, -0.15) is 5.10 Å². The monoisotopic (exact) mass is 508 g/mol. The third kappa shape index (κ3) is 3.57. The van der Waals surface area contributed by atoms with Gasteiger partial charge in [-0.3, -0.25) is 25.3 Å². The van der Waals surface area contributed by atoms with Gasteiger partial charge >= 0.3 is 0 Å². The molecular formula is C28H37ClN6O. The van der Waals surface area contributed by atoms with Gasteiger partial charge in [0.1, 0.15) is 0 Å². The molecule has 2 aromatic heterocycles. The van der Waals surface area contributed by atoms with Crippen LogP contribution >= 0.6 is 11.6 Å². The Morgan fingerprint density at radius 2 is 1.92 bits per heavy atom. The first-order chi connectivity index (χ1) is 17.2. The number of likely N-dealkylation sites (tertiary alicyclic amines) is 1. The molecule has 1 spiro atoms. The van der Waals surface area contributed by atoms with Crippen molar-refractivity contribution in [1.29, 1.82) is 0 Å². The lowest BCUT2D eigenvalue weighted by atomic mass is 9.60. The average molecular weight is 509 g/mol. The van der Waals surface area contributed by atoms with Crippen molar-refractivity contribution in [3.8, 4) is 11.3 Å². The summed E-state index contributed by atoms with van der Waals surface area (Å²) in [4.78, 5) is 18.3. The predicted molar refractivity (Wildman–Crippen MR) is 142 cm³/mol. The van der Waals surface area contributed by atoms with E-state index < -0.39 is 0 Å². The number of nitrogens with zero attached hydrogens (tertiary/aromatic N) is 4. The molecule has 2 saturated carbocycles. The molecular weight excluding hydrogens is 472 g/mol. The number of carbonyl (C=O) groups excluding carboxylic acids is 1. The summed E-state index contributed by atoms with van der Waals surface area (Å²) in [5, 5.41) is 5.42. The summed E-state index contributed by atoms with van der Waals surface area (Å²) >= 11 is 7.27. The molecule has 0 aromatic carbocycles. The van der Waals surface area contributed by atoms with Crippen molar-refractivity contribution in [3.63, 3.8) is 0 Å². The number of alkyl halides is 1. The number of aromatic nitrogens is 3. The second kappa shape index (κ2) is 8.67. The van der Waals surface area contributed by atoms with E-state index in [1.54, 1.807) is 0 Å². The minimum absolute atomic E-state index is 0.0421. The van der Waals surface area contributed by atoms with Crippen LogP contribution in [0.4, 0.5) is 0 Å². The molecule has 4 aliphatic rings. The zero-order chi connectivity index (χ0) is 25.4. The molecule has 36 heavy (non-hydrogen) atoms. The van der Waals surface area contributed by atoms with E-state index in [1.165, 1.54) is 22.9 Å². The van der Waals surface area contributed by atoms with E-state index >= 15 is 0 Å². The molecule has 2 saturated heterocycles. The number of hydrogen-bond donors (Lipinski definition) is 2. The maximum absolute atomic E-state index is 12.0. The quantitative estimate of drug-likeness (QED) is 0.481. The second-order valence-electron chi connectivity index (χ2n) is 11.9. The Bertz CT molecular complexity index is 1190. The van der Waals surface area contributed by atoms with Crippen molar-refractivity contribution >= 4 is 17.5 Å². The number of hydrazine groups is 1. The first-order valence-electron chi connectivity index (χ1n) is 13.3.